The van der Waals surface area contributed by atoms with E-state index >= 15 is 0 Å². The van der Waals surface area contributed by atoms with Crippen LogP contribution in [-0.2, 0) is 0 Å². The van der Waals surface area contributed by atoms with Gasteiger partial charge in [-0.1, -0.05) is 49.9 Å². The molecule has 1 aliphatic carbocycles. The van der Waals surface area contributed by atoms with E-state index in [4.69, 9.17) is 11.6 Å². The summed E-state index contributed by atoms with van der Waals surface area (Å²) in [6.45, 7) is 4.47. The van der Waals surface area contributed by atoms with Gasteiger partial charge in [-0.15, -0.1) is 0 Å². The van der Waals surface area contributed by atoms with E-state index in [9.17, 15) is 0 Å². The molecule has 2 fully saturated rings. The Kier molecular flexibility index (Phi) is 5.07. The van der Waals surface area contributed by atoms with Gasteiger partial charge in [0.05, 0.1) is 10.7 Å². The molecule has 2 nitrogen and oxygen atoms in total. The van der Waals surface area contributed by atoms with Crippen LogP contribution >= 0.6 is 11.6 Å². The van der Waals surface area contributed by atoms with Crippen LogP contribution in [0, 0.1) is 5.92 Å². The number of rotatable bonds is 3. The lowest BCUT2D eigenvalue weighted by molar-refractivity contribution is 0.240. The van der Waals surface area contributed by atoms with E-state index in [0.29, 0.717) is 12.1 Å². The zero-order valence-corrected chi connectivity index (χ0v) is 13.8. The van der Waals surface area contributed by atoms with Crippen molar-refractivity contribution in [2.45, 2.75) is 57.5 Å². The van der Waals surface area contributed by atoms with E-state index in [2.05, 4.69) is 29.3 Å². The van der Waals surface area contributed by atoms with Crippen molar-refractivity contribution in [2.24, 2.45) is 5.92 Å². The standard InChI is InChI=1S/C18H27ClN2/c1-2-15-12-20-17(14-8-4-3-5-9-14)13-21(15)18-11-7-6-10-16(18)19/h6-7,10-11,14-15,17,20H,2-5,8-9,12-13H2,1H3. The molecule has 0 bridgehead atoms. The van der Waals surface area contributed by atoms with E-state index in [0.717, 1.165) is 30.5 Å². The number of para-hydroxylation sites is 1. The molecule has 21 heavy (non-hydrogen) atoms. The highest BCUT2D eigenvalue weighted by Gasteiger charge is 2.32. The first-order valence-corrected chi connectivity index (χ1v) is 8.92. The molecule has 1 N–H and O–H groups in total. The molecule has 2 atom stereocenters. The maximum absolute atomic E-state index is 6.45. The molecule has 3 heteroatoms. The number of nitrogens with zero attached hydrogens (tertiary/aromatic N) is 1. The first-order valence-electron chi connectivity index (χ1n) is 8.54. The van der Waals surface area contributed by atoms with Gasteiger partial charge in [0, 0.05) is 25.2 Å². The summed E-state index contributed by atoms with van der Waals surface area (Å²) in [5.74, 6) is 0.849. The zero-order valence-electron chi connectivity index (χ0n) is 13.0. The van der Waals surface area contributed by atoms with Crippen LogP contribution in [0.4, 0.5) is 5.69 Å². The van der Waals surface area contributed by atoms with Crippen LogP contribution in [0.2, 0.25) is 5.02 Å². The summed E-state index contributed by atoms with van der Waals surface area (Å²) in [5, 5.41) is 4.71. The third-order valence-electron chi connectivity index (χ3n) is 5.30. The summed E-state index contributed by atoms with van der Waals surface area (Å²) < 4.78 is 0. The second kappa shape index (κ2) is 7.02. The lowest BCUT2D eigenvalue weighted by Crippen LogP contribution is -2.59. The summed E-state index contributed by atoms with van der Waals surface area (Å²) in [6.07, 6.45) is 8.19. The van der Waals surface area contributed by atoms with Crippen molar-refractivity contribution in [1.82, 2.24) is 5.32 Å². The second-order valence-electron chi connectivity index (χ2n) is 6.58. The fraction of sp³-hybridized carbons (Fsp3) is 0.667. The van der Waals surface area contributed by atoms with Crippen LogP contribution in [-0.4, -0.2) is 25.2 Å². The van der Waals surface area contributed by atoms with Crippen LogP contribution in [0.1, 0.15) is 45.4 Å². The summed E-state index contributed by atoms with van der Waals surface area (Å²) in [4.78, 5) is 2.55. The van der Waals surface area contributed by atoms with E-state index in [1.807, 2.05) is 12.1 Å². The van der Waals surface area contributed by atoms with Crippen LogP contribution in [0.3, 0.4) is 0 Å². The quantitative estimate of drug-likeness (QED) is 0.886. The number of hydrogen-bond donors (Lipinski definition) is 1. The Morgan fingerprint density at radius 3 is 2.67 bits per heavy atom. The predicted octanol–water partition coefficient (Wildman–Crippen LogP) is 4.48. The Morgan fingerprint density at radius 2 is 1.95 bits per heavy atom. The summed E-state index contributed by atoms with van der Waals surface area (Å²) in [6, 6.07) is 9.50. The largest absolute Gasteiger partial charge is 0.365 e. The van der Waals surface area contributed by atoms with Crippen LogP contribution < -0.4 is 10.2 Å². The maximum Gasteiger partial charge on any atom is 0.0639 e. The highest BCUT2D eigenvalue weighted by molar-refractivity contribution is 6.33. The van der Waals surface area contributed by atoms with Gasteiger partial charge in [0.25, 0.3) is 0 Å². The fourth-order valence-corrected chi connectivity index (χ4v) is 4.26. The first-order chi connectivity index (χ1) is 10.3. The molecular weight excluding hydrogens is 280 g/mol. The molecule has 116 valence electrons. The molecule has 1 saturated carbocycles. The number of halogens is 1. The average molecular weight is 307 g/mol. The van der Waals surface area contributed by atoms with Crippen LogP contribution in [0.25, 0.3) is 0 Å². The van der Waals surface area contributed by atoms with Gasteiger partial charge in [-0.25, -0.2) is 0 Å². The smallest absolute Gasteiger partial charge is 0.0639 e. The zero-order chi connectivity index (χ0) is 14.7. The van der Waals surface area contributed by atoms with Crippen molar-refractivity contribution in [1.29, 1.82) is 0 Å². The number of anilines is 1. The number of hydrogen-bond acceptors (Lipinski definition) is 2. The topological polar surface area (TPSA) is 15.3 Å². The highest BCUT2D eigenvalue weighted by atomic mass is 35.5. The molecule has 2 unspecified atom stereocenters. The average Bonchev–Trinajstić information content (AvgIpc) is 2.55. The van der Waals surface area contributed by atoms with Crippen LogP contribution in [0.5, 0.6) is 0 Å². The third-order valence-corrected chi connectivity index (χ3v) is 5.62. The van der Waals surface area contributed by atoms with Crippen LogP contribution in [0.15, 0.2) is 24.3 Å². The summed E-state index contributed by atoms with van der Waals surface area (Å²) >= 11 is 6.45. The molecule has 1 aliphatic heterocycles. The van der Waals surface area contributed by atoms with E-state index in [1.165, 1.54) is 37.8 Å². The molecule has 1 aromatic carbocycles. The van der Waals surface area contributed by atoms with E-state index < -0.39 is 0 Å². The monoisotopic (exact) mass is 306 g/mol. The molecule has 0 radical (unpaired) electrons. The van der Waals surface area contributed by atoms with Crippen molar-refractivity contribution in [3.05, 3.63) is 29.3 Å². The van der Waals surface area contributed by atoms with E-state index in [-0.39, 0.29) is 0 Å². The Morgan fingerprint density at radius 1 is 1.19 bits per heavy atom. The third kappa shape index (κ3) is 3.37. The Labute approximate surface area is 133 Å². The van der Waals surface area contributed by atoms with Gasteiger partial charge in [-0.05, 0) is 37.3 Å². The number of piperazine rings is 1. The normalized spacial score (nSPS) is 27.8. The molecule has 2 aliphatic rings. The summed E-state index contributed by atoms with van der Waals surface area (Å²) in [7, 11) is 0. The van der Waals surface area contributed by atoms with Gasteiger partial charge in [-0.3, -0.25) is 0 Å². The molecular formula is C18H27ClN2. The molecule has 0 aromatic heterocycles. The molecule has 1 aromatic rings. The van der Waals surface area contributed by atoms with Gasteiger partial charge in [0.2, 0.25) is 0 Å². The van der Waals surface area contributed by atoms with Crippen molar-refractivity contribution in [2.75, 3.05) is 18.0 Å². The van der Waals surface area contributed by atoms with Crippen molar-refractivity contribution in [3.63, 3.8) is 0 Å². The maximum atomic E-state index is 6.45. The number of benzene rings is 1. The minimum atomic E-state index is 0.560. The Bertz CT molecular complexity index is 456. The Hall–Kier alpha value is -0.730. The molecule has 0 amide bonds. The van der Waals surface area contributed by atoms with Gasteiger partial charge in [0.1, 0.15) is 0 Å². The van der Waals surface area contributed by atoms with Gasteiger partial charge < -0.3 is 10.2 Å². The Balaban J connectivity index is 1.77. The molecule has 0 spiro atoms. The van der Waals surface area contributed by atoms with Crippen molar-refractivity contribution >= 4 is 17.3 Å². The van der Waals surface area contributed by atoms with E-state index in [1.54, 1.807) is 0 Å². The lowest BCUT2D eigenvalue weighted by atomic mass is 9.82. The summed E-state index contributed by atoms with van der Waals surface area (Å²) in [5.41, 5.74) is 1.22. The first kappa shape index (κ1) is 15.2. The predicted molar refractivity (Wildman–Crippen MR) is 91.2 cm³/mol. The highest BCUT2D eigenvalue weighted by Crippen LogP contribution is 2.33. The minimum Gasteiger partial charge on any atom is -0.365 e. The fourth-order valence-electron chi connectivity index (χ4n) is 4.02. The molecule has 1 heterocycles. The van der Waals surface area contributed by atoms with Gasteiger partial charge in [-0.2, -0.15) is 0 Å². The van der Waals surface area contributed by atoms with Gasteiger partial charge >= 0.3 is 0 Å². The van der Waals surface area contributed by atoms with Gasteiger partial charge in [0.15, 0.2) is 0 Å². The lowest BCUT2D eigenvalue weighted by Gasteiger charge is -2.45. The van der Waals surface area contributed by atoms with Crippen molar-refractivity contribution < 1.29 is 0 Å². The van der Waals surface area contributed by atoms with Crippen molar-refractivity contribution in [3.8, 4) is 0 Å². The number of nitrogens with one attached hydrogen (secondary N) is 1. The minimum absolute atomic E-state index is 0.560. The molecule has 3 rings (SSSR count). The SMILES string of the molecule is CCC1CNC(C2CCCCC2)CN1c1ccccc1Cl. The second-order valence-corrected chi connectivity index (χ2v) is 6.99. The molecule has 1 saturated heterocycles.